The zero-order valence-corrected chi connectivity index (χ0v) is 16.6. The number of carbonyl (C=O) groups excluding carboxylic acids is 1. The Hall–Kier alpha value is -1.75. The van der Waals surface area contributed by atoms with Gasteiger partial charge in [0.25, 0.3) is 0 Å². The van der Waals surface area contributed by atoms with E-state index in [0.29, 0.717) is 12.5 Å². The fourth-order valence-corrected chi connectivity index (χ4v) is 5.06. The van der Waals surface area contributed by atoms with Gasteiger partial charge in [0.15, 0.2) is 0 Å². The van der Waals surface area contributed by atoms with Crippen molar-refractivity contribution in [1.29, 1.82) is 0 Å². The summed E-state index contributed by atoms with van der Waals surface area (Å²) in [6.07, 6.45) is 5.12. The third-order valence-electron chi connectivity index (χ3n) is 6.69. The maximum absolute atomic E-state index is 11.8. The van der Waals surface area contributed by atoms with Crippen LogP contribution in [0.15, 0.2) is 24.3 Å². The highest BCUT2D eigenvalue weighted by Crippen LogP contribution is 2.32. The van der Waals surface area contributed by atoms with Crippen LogP contribution in [0.2, 0.25) is 0 Å². The number of anilines is 1. The number of aryl methyl sites for hydroxylation is 1. The third-order valence-corrected chi connectivity index (χ3v) is 6.69. The minimum atomic E-state index is -0.105. The van der Waals surface area contributed by atoms with Gasteiger partial charge in [0, 0.05) is 45.0 Å². The van der Waals surface area contributed by atoms with E-state index in [9.17, 15) is 4.79 Å². The quantitative estimate of drug-likeness (QED) is 0.795. The lowest BCUT2D eigenvalue weighted by Crippen LogP contribution is -2.49. The van der Waals surface area contributed by atoms with Gasteiger partial charge in [0.1, 0.15) is 6.61 Å². The number of hydrogen-bond acceptors (Lipinski definition) is 4. The fourth-order valence-electron chi connectivity index (χ4n) is 5.06. The number of piperazine rings is 1. The lowest BCUT2D eigenvalue weighted by atomic mass is 9.78. The molecule has 0 radical (unpaired) electrons. The number of carbonyl (C=O) groups is 1. The summed E-state index contributed by atoms with van der Waals surface area (Å²) in [5.74, 6) is 1.36. The van der Waals surface area contributed by atoms with Gasteiger partial charge in [0.05, 0.1) is 6.54 Å². The molecule has 2 aliphatic heterocycles. The van der Waals surface area contributed by atoms with Gasteiger partial charge in [-0.15, -0.1) is 0 Å². The van der Waals surface area contributed by atoms with Gasteiger partial charge in [-0.2, -0.15) is 0 Å². The summed E-state index contributed by atoms with van der Waals surface area (Å²) in [5, 5.41) is 0. The maximum atomic E-state index is 11.8. The average Bonchev–Trinajstić information content (AvgIpc) is 3.09. The van der Waals surface area contributed by atoms with Crippen LogP contribution >= 0.6 is 0 Å². The molecule has 5 nitrogen and oxygen atoms in total. The zero-order valence-electron chi connectivity index (χ0n) is 16.6. The van der Waals surface area contributed by atoms with Crippen LogP contribution in [0, 0.1) is 18.8 Å². The monoisotopic (exact) mass is 371 g/mol. The predicted octanol–water partition coefficient (Wildman–Crippen LogP) is 3.38. The van der Waals surface area contributed by atoms with Crippen molar-refractivity contribution < 1.29 is 9.53 Å². The van der Waals surface area contributed by atoms with Crippen molar-refractivity contribution in [2.75, 3.05) is 57.3 Å². The Bertz CT molecular complexity index is 642. The summed E-state index contributed by atoms with van der Waals surface area (Å²) in [6, 6.07) is 8.72. The second-order valence-corrected chi connectivity index (χ2v) is 8.44. The molecule has 0 unspecified atom stereocenters. The highest BCUT2D eigenvalue weighted by Gasteiger charge is 2.32. The van der Waals surface area contributed by atoms with Crippen LogP contribution in [0.5, 0.6) is 0 Å². The number of para-hydroxylation sites is 1. The predicted molar refractivity (Wildman–Crippen MR) is 108 cm³/mol. The number of hydrogen-bond donors (Lipinski definition) is 0. The van der Waals surface area contributed by atoms with Gasteiger partial charge >= 0.3 is 6.09 Å². The Labute approximate surface area is 163 Å². The molecule has 27 heavy (non-hydrogen) atoms. The smallest absolute Gasteiger partial charge is 0.409 e. The number of rotatable bonds is 5. The third kappa shape index (κ3) is 4.40. The maximum Gasteiger partial charge on any atom is 0.409 e. The standard InChI is InChI=1S/C22H33N3O2/c1-18-6-2-5-9-21(18)24-12-10-23(11-13-24)16-19-7-3-4-8-20(19)17-25-14-15-27-22(25)26/h2,5-6,9,19-20H,3-4,7-8,10-17H2,1H3/t19-,20-/m0/s1. The minimum Gasteiger partial charge on any atom is -0.448 e. The van der Waals surface area contributed by atoms with E-state index >= 15 is 0 Å². The van der Waals surface area contributed by atoms with Crippen LogP contribution in [0.25, 0.3) is 0 Å². The Morgan fingerprint density at radius 2 is 1.67 bits per heavy atom. The molecule has 1 amide bonds. The van der Waals surface area contributed by atoms with Crippen molar-refractivity contribution in [2.45, 2.75) is 32.6 Å². The van der Waals surface area contributed by atoms with Gasteiger partial charge in [-0.1, -0.05) is 31.0 Å². The van der Waals surface area contributed by atoms with Gasteiger partial charge in [-0.3, -0.25) is 4.90 Å². The van der Waals surface area contributed by atoms with E-state index in [2.05, 4.69) is 41.0 Å². The van der Waals surface area contributed by atoms with E-state index < -0.39 is 0 Å². The Balaban J connectivity index is 1.30. The van der Waals surface area contributed by atoms with Gasteiger partial charge in [-0.05, 0) is 43.2 Å². The van der Waals surface area contributed by atoms with Crippen molar-refractivity contribution in [3.05, 3.63) is 29.8 Å². The molecular formula is C22H33N3O2. The lowest BCUT2D eigenvalue weighted by Gasteiger charge is -2.41. The van der Waals surface area contributed by atoms with Crippen molar-refractivity contribution in [3.8, 4) is 0 Å². The zero-order chi connectivity index (χ0) is 18.6. The molecule has 148 valence electrons. The Morgan fingerprint density at radius 3 is 2.33 bits per heavy atom. The van der Waals surface area contributed by atoms with Crippen molar-refractivity contribution >= 4 is 11.8 Å². The molecule has 1 aromatic rings. The number of amides is 1. The molecule has 0 spiro atoms. The number of cyclic esters (lactones) is 1. The molecule has 5 heteroatoms. The largest absolute Gasteiger partial charge is 0.448 e. The summed E-state index contributed by atoms with van der Waals surface area (Å²) in [5.41, 5.74) is 2.76. The molecule has 0 N–H and O–H groups in total. The molecular weight excluding hydrogens is 338 g/mol. The molecule has 0 bridgehead atoms. The number of ether oxygens (including phenoxy) is 1. The topological polar surface area (TPSA) is 36.0 Å². The summed E-state index contributed by atoms with van der Waals surface area (Å²) < 4.78 is 5.13. The van der Waals surface area contributed by atoms with Crippen molar-refractivity contribution in [1.82, 2.24) is 9.80 Å². The summed E-state index contributed by atoms with van der Waals surface area (Å²) >= 11 is 0. The van der Waals surface area contributed by atoms with Crippen molar-refractivity contribution in [3.63, 3.8) is 0 Å². The number of benzene rings is 1. The highest BCUT2D eigenvalue weighted by atomic mass is 16.6. The average molecular weight is 372 g/mol. The van der Waals surface area contributed by atoms with E-state index in [4.69, 9.17) is 4.74 Å². The first-order chi connectivity index (χ1) is 13.2. The molecule has 3 aliphatic rings. The molecule has 4 rings (SSSR count). The normalized spacial score (nSPS) is 27.1. The van der Waals surface area contributed by atoms with E-state index in [-0.39, 0.29) is 6.09 Å². The molecule has 0 aromatic heterocycles. The van der Waals surface area contributed by atoms with Gasteiger partial charge in [0.2, 0.25) is 0 Å². The van der Waals surface area contributed by atoms with E-state index in [1.165, 1.54) is 43.5 Å². The van der Waals surface area contributed by atoms with Crippen LogP contribution in [0.1, 0.15) is 31.2 Å². The van der Waals surface area contributed by atoms with E-state index in [1.54, 1.807) is 0 Å². The summed E-state index contributed by atoms with van der Waals surface area (Å²) in [7, 11) is 0. The lowest BCUT2D eigenvalue weighted by molar-refractivity contribution is 0.115. The van der Waals surface area contributed by atoms with Crippen LogP contribution in [0.3, 0.4) is 0 Å². The van der Waals surface area contributed by atoms with Crippen molar-refractivity contribution in [2.24, 2.45) is 11.8 Å². The first-order valence-corrected chi connectivity index (χ1v) is 10.7. The molecule has 1 aliphatic carbocycles. The first kappa shape index (κ1) is 18.6. The highest BCUT2D eigenvalue weighted by molar-refractivity contribution is 5.69. The fraction of sp³-hybridized carbons (Fsp3) is 0.682. The molecule has 1 saturated carbocycles. The molecule has 2 heterocycles. The van der Waals surface area contributed by atoms with Gasteiger partial charge in [-0.25, -0.2) is 4.79 Å². The SMILES string of the molecule is Cc1ccccc1N1CCN(C[C@@H]2CCCC[C@H]2CN2CCOC2=O)CC1. The molecule has 1 aromatic carbocycles. The Morgan fingerprint density at radius 1 is 0.963 bits per heavy atom. The molecule has 3 fully saturated rings. The van der Waals surface area contributed by atoms with Crippen LogP contribution in [0.4, 0.5) is 10.5 Å². The van der Waals surface area contributed by atoms with Gasteiger partial charge < -0.3 is 14.5 Å². The van der Waals surface area contributed by atoms with Crippen LogP contribution in [-0.2, 0) is 4.74 Å². The Kier molecular flexibility index (Phi) is 5.86. The molecule has 2 saturated heterocycles. The van der Waals surface area contributed by atoms with E-state index in [0.717, 1.165) is 45.2 Å². The first-order valence-electron chi connectivity index (χ1n) is 10.7. The molecule has 2 atom stereocenters. The van der Waals surface area contributed by atoms with Crippen LogP contribution in [-0.4, -0.2) is 68.3 Å². The summed E-state index contributed by atoms with van der Waals surface area (Å²) in [6.45, 7) is 10.1. The second kappa shape index (κ2) is 8.51. The minimum absolute atomic E-state index is 0.105. The summed E-state index contributed by atoms with van der Waals surface area (Å²) in [4.78, 5) is 18.9. The van der Waals surface area contributed by atoms with E-state index in [1.807, 2.05) is 4.90 Å². The van der Waals surface area contributed by atoms with Crippen LogP contribution < -0.4 is 4.90 Å². The second-order valence-electron chi connectivity index (χ2n) is 8.44. The number of nitrogens with zero attached hydrogens (tertiary/aromatic N) is 3.